The molecule has 12 heteroatoms. The van der Waals surface area contributed by atoms with Gasteiger partial charge in [-0.05, 0) is 48.4 Å². The fourth-order valence-corrected chi connectivity index (χ4v) is 3.86. The number of carbonyl (C=O) groups is 1. The van der Waals surface area contributed by atoms with Crippen LogP contribution in [0, 0.1) is 0 Å². The summed E-state index contributed by atoms with van der Waals surface area (Å²) in [5.41, 5.74) is 0.120. The van der Waals surface area contributed by atoms with Crippen molar-refractivity contribution in [3.63, 3.8) is 0 Å². The van der Waals surface area contributed by atoms with Gasteiger partial charge in [0, 0.05) is 13.0 Å². The fraction of sp³-hybridized carbons (Fsp3) is 0.318. The molecule has 1 atom stereocenters. The average molecular weight is 497 g/mol. The van der Waals surface area contributed by atoms with Crippen LogP contribution >= 0.6 is 11.6 Å². The van der Waals surface area contributed by atoms with Crippen molar-refractivity contribution in [3.8, 4) is 0 Å². The van der Waals surface area contributed by atoms with Gasteiger partial charge in [0.1, 0.15) is 7.11 Å². The van der Waals surface area contributed by atoms with E-state index in [2.05, 4.69) is 10.3 Å². The third-order valence-corrected chi connectivity index (χ3v) is 5.73. The summed E-state index contributed by atoms with van der Waals surface area (Å²) in [7, 11) is 1.29. The lowest BCUT2D eigenvalue weighted by Crippen LogP contribution is -2.42. The van der Waals surface area contributed by atoms with Gasteiger partial charge in [-0.1, -0.05) is 12.1 Å². The number of hydrogen-bond acceptors (Lipinski definition) is 6. The minimum Gasteiger partial charge on any atom is -0.440 e. The third-order valence-electron chi connectivity index (χ3n) is 5.53. The molecule has 0 aliphatic carbocycles. The molecule has 34 heavy (non-hydrogen) atoms. The predicted molar refractivity (Wildman–Crippen MR) is 117 cm³/mol. The van der Waals surface area contributed by atoms with E-state index >= 15 is 0 Å². The van der Waals surface area contributed by atoms with Crippen LogP contribution in [-0.2, 0) is 19.1 Å². The summed E-state index contributed by atoms with van der Waals surface area (Å²) in [5.74, 6) is -0.229. The van der Waals surface area contributed by atoms with Crippen LogP contribution in [0.2, 0.25) is 5.22 Å². The van der Waals surface area contributed by atoms with Gasteiger partial charge in [0.15, 0.2) is 11.0 Å². The first kappa shape index (κ1) is 23.7. The Morgan fingerprint density at radius 1 is 1.24 bits per heavy atom. The zero-order valence-electron chi connectivity index (χ0n) is 18.1. The number of fused-ring (bicyclic) bond motifs is 1. The van der Waals surface area contributed by atoms with Gasteiger partial charge < -0.3 is 19.5 Å². The molecule has 1 N–H and O–H groups in total. The smallest absolute Gasteiger partial charge is 0.416 e. The van der Waals surface area contributed by atoms with Crippen molar-refractivity contribution in [3.05, 3.63) is 80.1 Å². The number of alkyl halides is 3. The zero-order chi connectivity index (χ0) is 24.6. The molecule has 1 aliphatic heterocycles. The van der Waals surface area contributed by atoms with Gasteiger partial charge in [-0.3, -0.25) is 9.59 Å². The van der Waals surface area contributed by atoms with E-state index in [1.165, 1.54) is 36.3 Å². The van der Waals surface area contributed by atoms with Gasteiger partial charge in [0.05, 0.1) is 29.4 Å². The monoisotopic (exact) mass is 496 g/mol. The molecule has 8 nitrogen and oxygen atoms in total. The van der Waals surface area contributed by atoms with E-state index in [0.717, 1.165) is 16.9 Å². The zero-order valence-corrected chi connectivity index (χ0v) is 18.9. The van der Waals surface area contributed by atoms with Crippen LogP contribution in [0.3, 0.4) is 0 Å². The molecule has 0 fully saturated rings. The lowest BCUT2D eigenvalue weighted by molar-refractivity contribution is -0.137. The number of benzene rings is 1. The number of nitrogens with one attached hydrogen (secondary N) is 1. The molecule has 2 aromatic heterocycles. The van der Waals surface area contributed by atoms with Gasteiger partial charge >= 0.3 is 6.18 Å². The highest BCUT2D eigenvalue weighted by atomic mass is 35.5. The number of rotatable bonds is 5. The molecule has 0 spiro atoms. The summed E-state index contributed by atoms with van der Waals surface area (Å²) in [6, 6.07) is 7.16. The van der Waals surface area contributed by atoms with Crippen LogP contribution in [0.25, 0.3) is 0 Å². The van der Waals surface area contributed by atoms with Gasteiger partial charge in [-0.2, -0.15) is 13.2 Å². The van der Waals surface area contributed by atoms with E-state index in [-0.39, 0.29) is 23.5 Å². The van der Waals surface area contributed by atoms with Gasteiger partial charge in [0.25, 0.3) is 11.5 Å². The molecule has 0 radical (unpaired) electrons. The summed E-state index contributed by atoms with van der Waals surface area (Å²) in [5, 5.41) is 3.11. The van der Waals surface area contributed by atoms with E-state index < -0.39 is 29.2 Å². The lowest BCUT2D eigenvalue weighted by atomic mass is 10.1. The van der Waals surface area contributed by atoms with Crippen molar-refractivity contribution >= 4 is 23.5 Å². The van der Waals surface area contributed by atoms with Crippen molar-refractivity contribution in [2.24, 2.45) is 0 Å². The van der Waals surface area contributed by atoms with E-state index in [0.29, 0.717) is 29.8 Å². The number of anilines is 1. The molecule has 180 valence electrons. The number of carbonyl (C=O) groups excluding carboxylic acids is 1. The highest BCUT2D eigenvalue weighted by Gasteiger charge is 2.31. The molecular formula is C22H20ClF3N4O4. The minimum atomic E-state index is -4.43. The topological polar surface area (TPSA) is 89.6 Å². The van der Waals surface area contributed by atoms with E-state index in [1.54, 1.807) is 6.92 Å². The number of aromatic nitrogens is 2. The molecule has 3 aromatic rings. The number of hydrogen-bond donors (Lipinski definition) is 1. The quantitative estimate of drug-likeness (QED) is 0.575. The number of furan rings is 1. The first-order chi connectivity index (χ1) is 16.1. The van der Waals surface area contributed by atoms with Crippen LogP contribution in [0.1, 0.15) is 45.9 Å². The average Bonchev–Trinajstić information content (AvgIpc) is 3.24. The van der Waals surface area contributed by atoms with Crippen LogP contribution in [0.5, 0.6) is 0 Å². The maximum absolute atomic E-state index is 13.1. The summed E-state index contributed by atoms with van der Waals surface area (Å²) in [4.78, 5) is 36.9. The SMILES string of the molecule is COn1c(NC(C)c2ccc(C(F)(F)F)cc2)nc2c(c1=O)CN(C(=O)c1ccc(Cl)o1)CC2. The summed E-state index contributed by atoms with van der Waals surface area (Å²) in [6.07, 6.45) is -4.11. The Hall–Kier alpha value is -3.47. The lowest BCUT2D eigenvalue weighted by Gasteiger charge is -2.28. The maximum atomic E-state index is 13.1. The first-order valence-corrected chi connectivity index (χ1v) is 10.6. The Balaban J connectivity index is 1.57. The molecule has 3 heterocycles. The highest BCUT2D eigenvalue weighted by Crippen LogP contribution is 2.30. The summed E-state index contributed by atoms with van der Waals surface area (Å²) < 4.78 is 44.6. The Morgan fingerprint density at radius 3 is 2.53 bits per heavy atom. The minimum absolute atomic E-state index is 0.0103. The predicted octanol–water partition coefficient (Wildman–Crippen LogP) is 3.94. The standard InChI is InChI=1S/C22H20ClF3N4O4/c1-12(13-3-5-14(6-4-13)22(24,25)26)27-21-28-16-9-10-29(11-15(16)19(31)30(21)33-2)20(32)17-7-8-18(23)34-17/h3-8,12H,9-11H2,1-2H3,(H,27,28). The van der Waals surface area contributed by atoms with E-state index in [9.17, 15) is 22.8 Å². The molecule has 0 saturated heterocycles. The highest BCUT2D eigenvalue weighted by molar-refractivity contribution is 6.29. The van der Waals surface area contributed by atoms with Crippen molar-refractivity contribution in [2.75, 3.05) is 19.0 Å². The molecule has 0 saturated carbocycles. The maximum Gasteiger partial charge on any atom is 0.416 e. The molecular weight excluding hydrogens is 477 g/mol. The van der Waals surface area contributed by atoms with Crippen LogP contribution in [0.4, 0.5) is 19.1 Å². The molecule has 1 unspecified atom stereocenters. The summed E-state index contributed by atoms with van der Waals surface area (Å²) in [6.45, 7) is 2.04. The number of nitrogens with zero attached hydrogens (tertiary/aromatic N) is 3. The molecule has 4 rings (SSSR count). The van der Waals surface area contributed by atoms with Gasteiger partial charge in [-0.15, -0.1) is 4.73 Å². The Morgan fingerprint density at radius 2 is 1.94 bits per heavy atom. The number of halogens is 4. The van der Waals surface area contributed by atoms with Crippen molar-refractivity contribution in [2.45, 2.75) is 32.1 Å². The molecule has 1 amide bonds. The second-order valence-corrected chi connectivity index (χ2v) is 8.08. The summed E-state index contributed by atoms with van der Waals surface area (Å²) >= 11 is 5.75. The van der Waals surface area contributed by atoms with Gasteiger partial charge in [0.2, 0.25) is 5.95 Å². The van der Waals surface area contributed by atoms with Crippen molar-refractivity contribution in [1.29, 1.82) is 0 Å². The second kappa shape index (κ2) is 9.05. The molecule has 0 bridgehead atoms. The number of amides is 1. The Labute approximate surface area is 196 Å². The Kier molecular flexibility index (Phi) is 6.30. The molecule has 1 aromatic carbocycles. The normalized spacial score (nSPS) is 14.5. The molecule has 1 aliphatic rings. The fourth-order valence-electron chi connectivity index (χ4n) is 3.72. The van der Waals surface area contributed by atoms with Crippen LogP contribution in [-0.4, -0.2) is 34.2 Å². The van der Waals surface area contributed by atoms with Crippen molar-refractivity contribution < 1.29 is 27.2 Å². The van der Waals surface area contributed by atoms with Gasteiger partial charge in [-0.25, -0.2) is 4.98 Å². The van der Waals surface area contributed by atoms with E-state index in [1.807, 2.05) is 0 Å². The first-order valence-electron chi connectivity index (χ1n) is 10.3. The van der Waals surface area contributed by atoms with E-state index in [4.69, 9.17) is 20.9 Å². The van der Waals surface area contributed by atoms with Crippen LogP contribution in [0.15, 0.2) is 45.6 Å². The Bertz CT molecular complexity index is 1270. The van der Waals surface area contributed by atoms with Crippen LogP contribution < -0.4 is 15.7 Å². The van der Waals surface area contributed by atoms with Crippen molar-refractivity contribution in [1.82, 2.24) is 14.6 Å². The third kappa shape index (κ3) is 4.60. The second-order valence-electron chi connectivity index (χ2n) is 7.71. The largest absolute Gasteiger partial charge is 0.440 e.